The molecule has 1 aliphatic rings. The largest absolute Gasteiger partial charge is 0.554 e. The fraction of sp³-hybridized carbons (Fsp3) is 0.297. The second-order valence-corrected chi connectivity index (χ2v) is 11.6. The van der Waals surface area contributed by atoms with Gasteiger partial charge in [-0.15, -0.1) is 0 Å². The predicted octanol–water partition coefficient (Wildman–Crippen LogP) is 4.92. The van der Waals surface area contributed by atoms with Crippen molar-refractivity contribution in [3.8, 4) is 0 Å². The molecule has 0 fully saturated rings. The molecule has 1 atom stereocenters. The molecule has 4 aromatic rings. The van der Waals surface area contributed by atoms with Crippen molar-refractivity contribution in [3.05, 3.63) is 142 Å². The van der Waals surface area contributed by atoms with Crippen LogP contribution in [0, 0.1) is 27.7 Å². The van der Waals surface area contributed by atoms with E-state index < -0.39 is 6.47 Å². The molecule has 1 heterocycles. The van der Waals surface area contributed by atoms with Crippen molar-refractivity contribution in [3.63, 3.8) is 0 Å². The summed E-state index contributed by atoms with van der Waals surface area (Å²) in [5.74, 6) is 0. The van der Waals surface area contributed by atoms with E-state index in [1.165, 1.54) is 44.5 Å². The van der Waals surface area contributed by atoms with E-state index in [2.05, 4.69) is 151 Å². The van der Waals surface area contributed by atoms with Crippen LogP contribution in [0.4, 0.5) is 0 Å². The van der Waals surface area contributed by atoms with E-state index in [4.69, 9.17) is 9.90 Å². The Hall–Kier alpha value is -4.10. The zero-order valence-electron chi connectivity index (χ0n) is 25.9. The molecule has 1 N–H and O–H groups in total. The fourth-order valence-corrected chi connectivity index (χ4v) is 5.30. The molecule has 0 aliphatic carbocycles. The van der Waals surface area contributed by atoms with E-state index in [1.807, 2.05) is 0 Å². The van der Waals surface area contributed by atoms with Gasteiger partial charge in [-0.2, -0.15) is 0 Å². The number of hydrogen-bond donors (Lipinski definition) is 1. The Labute approximate surface area is 256 Å². The van der Waals surface area contributed by atoms with Crippen LogP contribution in [0.2, 0.25) is 0 Å². The standard InChI is InChI=1S/C36H43N4.CH2O2/c1-28-5-13-32(14-6-28)21-37-26-39(23-34-17-9-30(3)10-18-34)36-25-38(22-33-15-7-29(2)8-16-33)27-40(36)24-35-19-11-31(4)12-20-35;2-1-3/h5-20,25,36-37H,21-24,26-27H2,1-4H3;1H,(H,2,3)/q+1;/p-1. The van der Waals surface area contributed by atoms with Crippen molar-refractivity contribution in [2.24, 2.45) is 0 Å². The van der Waals surface area contributed by atoms with Crippen LogP contribution < -0.4 is 10.4 Å². The molecule has 0 saturated carbocycles. The van der Waals surface area contributed by atoms with Crippen LogP contribution in [0.3, 0.4) is 0 Å². The molecule has 0 bridgehead atoms. The first-order valence-electron chi connectivity index (χ1n) is 14.9. The lowest BCUT2D eigenvalue weighted by atomic mass is 10.1. The summed E-state index contributed by atoms with van der Waals surface area (Å²) >= 11 is 0. The molecular weight excluding hydrogens is 532 g/mol. The highest BCUT2D eigenvalue weighted by molar-refractivity contribution is 5.60. The Balaban J connectivity index is 0.00000135. The second kappa shape index (κ2) is 15.9. The van der Waals surface area contributed by atoms with Crippen molar-refractivity contribution >= 4 is 12.7 Å². The van der Waals surface area contributed by atoms with Crippen LogP contribution in [0.15, 0.2) is 97.1 Å². The van der Waals surface area contributed by atoms with Gasteiger partial charge in [0, 0.05) is 31.7 Å². The maximum Gasteiger partial charge on any atom is 0.201 e. The monoisotopic (exact) mass is 576 g/mol. The number of hydrogen-bond acceptors (Lipinski definition) is 5. The van der Waals surface area contributed by atoms with Crippen molar-refractivity contribution in [2.75, 3.05) is 13.3 Å². The SMILES string of the molecule is Cc1ccc(CNCN(Cc2ccc(C)cc2)C2C=[N+](Cc3ccc(C)cc3)CN2Cc2ccc(C)cc2)cc1.O=C[O-]. The second-order valence-electron chi connectivity index (χ2n) is 11.6. The Morgan fingerprint density at radius 2 is 1.19 bits per heavy atom. The number of nitrogens with one attached hydrogen (secondary N) is 1. The van der Waals surface area contributed by atoms with Crippen LogP contribution in [-0.4, -0.2) is 46.6 Å². The number of carboxylic acid groups (broad SMARTS) is 1. The Kier molecular flexibility index (Phi) is 11.8. The molecule has 43 heavy (non-hydrogen) atoms. The molecule has 6 heteroatoms. The third kappa shape index (κ3) is 10.00. The summed E-state index contributed by atoms with van der Waals surface area (Å²) in [6.45, 7) is 13.3. The normalized spacial score (nSPS) is 14.7. The first kappa shape index (κ1) is 31.8. The van der Waals surface area contributed by atoms with Crippen molar-refractivity contribution in [1.82, 2.24) is 15.1 Å². The summed E-state index contributed by atoms with van der Waals surface area (Å²) in [6.07, 6.45) is 2.62. The van der Waals surface area contributed by atoms with Crippen molar-refractivity contribution in [1.29, 1.82) is 0 Å². The highest BCUT2D eigenvalue weighted by Crippen LogP contribution is 2.19. The van der Waals surface area contributed by atoms with Gasteiger partial charge in [0.15, 0.2) is 12.8 Å². The lowest BCUT2D eigenvalue weighted by Crippen LogP contribution is -2.49. The topological polar surface area (TPSA) is 61.7 Å². The smallest absolute Gasteiger partial charge is 0.201 e. The summed E-state index contributed by atoms with van der Waals surface area (Å²) in [6, 6.07) is 35.8. The fourth-order valence-electron chi connectivity index (χ4n) is 5.30. The van der Waals surface area contributed by atoms with Gasteiger partial charge in [0.2, 0.25) is 6.67 Å². The van der Waals surface area contributed by atoms with E-state index >= 15 is 0 Å². The molecule has 0 amide bonds. The zero-order chi connectivity index (χ0) is 30.6. The molecule has 0 spiro atoms. The lowest BCUT2D eigenvalue weighted by Gasteiger charge is -2.31. The molecule has 0 saturated heterocycles. The van der Waals surface area contributed by atoms with Gasteiger partial charge in [0.05, 0.1) is 6.67 Å². The van der Waals surface area contributed by atoms with Gasteiger partial charge in [-0.05, 0) is 44.4 Å². The highest BCUT2D eigenvalue weighted by atomic mass is 16.3. The maximum absolute atomic E-state index is 8.25. The summed E-state index contributed by atoms with van der Waals surface area (Å²) in [5, 5.41) is 12.0. The minimum Gasteiger partial charge on any atom is -0.554 e. The van der Waals surface area contributed by atoms with Crippen molar-refractivity contribution < 1.29 is 14.5 Å². The van der Waals surface area contributed by atoms with Crippen LogP contribution in [0.25, 0.3) is 0 Å². The first-order valence-corrected chi connectivity index (χ1v) is 14.9. The molecule has 0 aromatic heterocycles. The summed E-state index contributed by atoms with van der Waals surface area (Å²) in [5.41, 5.74) is 10.5. The van der Waals surface area contributed by atoms with E-state index in [9.17, 15) is 0 Å². The Morgan fingerprint density at radius 3 is 1.70 bits per heavy atom. The number of nitrogens with zero attached hydrogens (tertiary/aromatic N) is 3. The molecule has 1 unspecified atom stereocenters. The van der Waals surface area contributed by atoms with Gasteiger partial charge in [0.1, 0.15) is 6.17 Å². The number of aryl methyl sites for hydroxylation is 4. The Morgan fingerprint density at radius 1 is 0.744 bits per heavy atom. The van der Waals surface area contributed by atoms with Gasteiger partial charge >= 0.3 is 0 Å². The van der Waals surface area contributed by atoms with Crippen LogP contribution in [-0.2, 0) is 31.0 Å². The summed E-state index contributed by atoms with van der Waals surface area (Å²) < 4.78 is 2.48. The number of benzene rings is 4. The van der Waals surface area contributed by atoms with Crippen LogP contribution in [0.1, 0.15) is 44.5 Å². The molecule has 6 nitrogen and oxygen atoms in total. The third-order valence-corrected chi connectivity index (χ3v) is 7.74. The third-order valence-electron chi connectivity index (χ3n) is 7.74. The average Bonchev–Trinajstić information content (AvgIpc) is 3.39. The lowest BCUT2D eigenvalue weighted by molar-refractivity contribution is -0.548. The van der Waals surface area contributed by atoms with Crippen LogP contribution in [0.5, 0.6) is 0 Å². The van der Waals surface area contributed by atoms with Crippen molar-refractivity contribution in [2.45, 2.75) is 60.0 Å². The Bertz CT molecular complexity index is 1450. The molecule has 5 rings (SSSR count). The van der Waals surface area contributed by atoms with Gasteiger partial charge < -0.3 is 15.2 Å². The molecule has 224 valence electrons. The first-order chi connectivity index (χ1) is 20.8. The quantitative estimate of drug-likeness (QED) is 0.156. The summed E-state index contributed by atoms with van der Waals surface area (Å²) in [4.78, 5) is 13.4. The van der Waals surface area contributed by atoms with Gasteiger partial charge in [0.25, 0.3) is 0 Å². The molecular formula is C37H44N4O2. The molecule has 1 aliphatic heterocycles. The number of carbonyl (C=O) groups is 1. The average molecular weight is 577 g/mol. The van der Waals surface area contributed by atoms with Gasteiger partial charge in [-0.1, -0.05) is 119 Å². The number of rotatable bonds is 11. The van der Waals surface area contributed by atoms with Crippen LogP contribution >= 0.6 is 0 Å². The van der Waals surface area contributed by atoms with E-state index in [0.29, 0.717) is 0 Å². The van der Waals surface area contributed by atoms with E-state index in [-0.39, 0.29) is 6.17 Å². The summed E-state index contributed by atoms with van der Waals surface area (Å²) in [7, 11) is 0. The predicted molar refractivity (Wildman–Crippen MR) is 172 cm³/mol. The minimum absolute atomic E-state index is 0.179. The van der Waals surface area contributed by atoms with E-state index in [0.717, 1.165) is 39.5 Å². The molecule has 4 aromatic carbocycles. The number of carbonyl (C=O) groups excluding carboxylic acids is 1. The van der Waals surface area contributed by atoms with Gasteiger partial charge in [-0.25, -0.2) is 9.48 Å². The van der Waals surface area contributed by atoms with E-state index in [1.54, 1.807) is 0 Å². The highest BCUT2D eigenvalue weighted by Gasteiger charge is 2.35. The molecule has 0 radical (unpaired) electrons. The zero-order valence-corrected chi connectivity index (χ0v) is 25.9. The van der Waals surface area contributed by atoms with Gasteiger partial charge in [-0.3, -0.25) is 4.90 Å². The maximum atomic E-state index is 8.25. The minimum atomic E-state index is -0.500.